The van der Waals surface area contributed by atoms with Gasteiger partial charge in [0.2, 0.25) is 0 Å². The van der Waals surface area contributed by atoms with Crippen molar-refractivity contribution >= 4 is 44.3 Å². The Labute approximate surface area is 249 Å². The molecule has 0 fully saturated rings. The van der Waals surface area contributed by atoms with Crippen LogP contribution in [0.5, 0.6) is 0 Å². The zero-order valence-corrected chi connectivity index (χ0v) is 25.7. The van der Waals surface area contributed by atoms with Crippen molar-refractivity contribution in [1.82, 2.24) is 19.4 Å². The van der Waals surface area contributed by atoms with Crippen molar-refractivity contribution in [1.29, 1.82) is 0 Å². The molecular formula is C32H36BrClN4O2. The molecule has 4 rings (SSSR count). The molecule has 0 radical (unpaired) electrons. The van der Waals surface area contributed by atoms with Crippen LogP contribution in [-0.2, 0) is 6.54 Å². The average molecular weight is 624 g/mol. The van der Waals surface area contributed by atoms with E-state index in [1.165, 1.54) is 0 Å². The summed E-state index contributed by atoms with van der Waals surface area (Å²) < 4.78 is 2.64. The van der Waals surface area contributed by atoms with Gasteiger partial charge in [-0.1, -0.05) is 78.6 Å². The van der Waals surface area contributed by atoms with Gasteiger partial charge in [-0.3, -0.25) is 14.2 Å². The highest BCUT2D eigenvalue weighted by molar-refractivity contribution is 9.10. The van der Waals surface area contributed by atoms with Crippen LogP contribution >= 0.6 is 27.5 Å². The maximum absolute atomic E-state index is 14.1. The Balaban J connectivity index is 1.84. The lowest BCUT2D eigenvalue weighted by molar-refractivity contribution is 0.0647. The van der Waals surface area contributed by atoms with Crippen LogP contribution < -0.4 is 5.56 Å². The quantitative estimate of drug-likeness (QED) is 0.168. The summed E-state index contributed by atoms with van der Waals surface area (Å²) in [6.07, 6.45) is 1.41. The molecule has 0 bridgehead atoms. The number of fused-ring (bicyclic) bond motifs is 1. The van der Waals surface area contributed by atoms with Crippen LogP contribution in [0, 0.1) is 0 Å². The predicted octanol–water partition coefficient (Wildman–Crippen LogP) is 7.19. The van der Waals surface area contributed by atoms with Crippen LogP contribution in [-0.4, -0.2) is 51.4 Å². The van der Waals surface area contributed by atoms with Gasteiger partial charge in [0.15, 0.2) is 0 Å². The minimum absolute atomic E-state index is 0.0781. The van der Waals surface area contributed by atoms with Crippen molar-refractivity contribution in [2.75, 3.05) is 26.2 Å². The van der Waals surface area contributed by atoms with Gasteiger partial charge in [-0.25, -0.2) is 4.98 Å². The predicted molar refractivity (Wildman–Crippen MR) is 167 cm³/mol. The molecule has 6 nitrogen and oxygen atoms in total. The van der Waals surface area contributed by atoms with Gasteiger partial charge in [0.05, 0.1) is 23.5 Å². The van der Waals surface area contributed by atoms with Crippen LogP contribution in [0.25, 0.3) is 10.9 Å². The largest absolute Gasteiger partial charge is 0.328 e. The minimum atomic E-state index is -0.410. The maximum atomic E-state index is 14.1. The summed E-state index contributed by atoms with van der Waals surface area (Å²) in [5, 5.41) is 1.02. The van der Waals surface area contributed by atoms with E-state index >= 15 is 0 Å². The smallest absolute Gasteiger partial charge is 0.261 e. The fourth-order valence-electron chi connectivity index (χ4n) is 5.09. The summed E-state index contributed by atoms with van der Waals surface area (Å²) in [6.45, 7) is 10.0. The van der Waals surface area contributed by atoms with E-state index in [0.29, 0.717) is 46.8 Å². The molecule has 3 aromatic carbocycles. The molecule has 40 heavy (non-hydrogen) atoms. The standard InChI is InChI=1S/C32H36BrClN4O2/c1-4-29(37(20-10-19-36(5-2)6-3)31(39)24-13-15-25(33)16-14-24)30-35-28-21-26(34)17-18-27(28)32(40)38(30)22-23-11-8-7-9-12-23/h7-9,11-18,21,29H,4-6,10,19-20,22H2,1-3H3. The molecule has 0 aliphatic carbocycles. The molecule has 0 spiro atoms. The summed E-state index contributed by atoms with van der Waals surface area (Å²) >= 11 is 9.79. The number of aromatic nitrogens is 2. The minimum Gasteiger partial charge on any atom is -0.328 e. The van der Waals surface area contributed by atoms with E-state index in [1.54, 1.807) is 22.8 Å². The molecule has 1 amide bonds. The van der Waals surface area contributed by atoms with Gasteiger partial charge in [0, 0.05) is 21.6 Å². The van der Waals surface area contributed by atoms with Gasteiger partial charge in [-0.05, 0) is 80.5 Å². The lowest BCUT2D eigenvalue weighted by Gasteiger charge is -2.33. The van der Waals surface area contributed by atoms with Crippen molar-refractivity contribution in [2.24, 2.45) is 0 Å². The number of rotatable bonds is 12. The number of hydrogen-bond donors (Lipinski definition) is 0. The average Bonchev–Trinajstić information content (AvgIpc) is 2.97. The number of benzene rings is 3. The van der Waals surface area contributed by atoms with Gasteiger partial charge >= 0.3 is 0 Å². The first-order valence-electron chi connectivity index (χ1n) is 13.9. The number of amides is 1. The molecule has 0 aliphatic rings. The first-order valence-corrected chi connectivity index (χ1v) is 15.1. The number of carbonyl (C=O) groups is 1. The highest BCUT2D eigenvalue weighted by Gasteiger charge is 2.29. The fourth-order valence-corrected chi connectivity index (χ4v) is 5.52. The number of hydrogen-bond acceptors (Lipinski definition) is 4. The Hall–Kier alpha value is -3.00. The number of nitrogens with zero attached hydrogens (tertiary/aromatic N) is 4. The third kappa shape index (κ3) is 7.00. The summed E-state index contributed by atoms with van der Waals surface area (Å²) in [6, 6.07) is 22.1. The van der Waals surface area contributed by atoms with Crippen LogP contribution in [0.4, 0.5) is 0 Å². The summed E-state index contributed by atoms with van der Waals surface area (Å²) in [7, 11) is 0. The molecule has 1 aromatic heterocycles. The monoisotopic (exact) mass is 622 g/mol. The lowest BCUT2D eigenvalue weighted by atomic mass is 10.1. The van der Waals surface area contributed by atoms with Crippen molar-refractivity contribution in [3.8, 4) is 0 Å². The molecular weight excluding hydrogens is 588 g/mol. The fraction of sp³-hybridized carbons (Fsp3) is 0.344. The molecule has 1 heterocycles. The van der Waals surface area contributed by atoms with Gasteiger partial charge < -0.3 is 9.80 Å². The second-order valence-corrected chi connectivity index (χ2v) is 11.2. The lowest BCUT2D eigenvalue weighted by Crippen LogP contribution is -2.40. The van der Waals surface area contributed by atoms with Crippen LogP contribution in [0.15, 0.2) is 82.1 Å². The van der Waals surface area contributed by atoms with E-state index in [4.69, 9.17) is 16.6 Å². The first kappa shape index (κ1) is 30.0. The summed E-state index contributed by atoms with van der Waals surface area (Å²) in [4.78, 5) is 37.3. The summed E-state index contributed by atoms with van der Waals surface area (Å²) in [5.74, 6) is 0.491. The van der Waals surface area contributed by atoms with Gasteiger partial charge in [0.1, 0.15) is 5.82 Å². The third-order valence-electron chi connectivity index (χ3n) is 7.31. The zero-order chi connectivity index (χ0) is 28.6. The molecule has 210 valence electrons. The van der Waals surface area contributed by atoms with Crippen molar-refractivity contribution in [3.05, 3.63) is 110 Å². The Morgan fingerprint density at radius 3 is 2.33 bits per heavy atom. The van der Waals surface area contributed by atoms with Crippen LogP contribution in [0.1, 0.15) is 61.4 Å². The van der Waals surface area contributed by atoms with E-state index in [0.717, 1.165) is 36.1 Å². The van der Waals surface area contributed by atoms with Crippen molar-refractivity contribution < 1.29 is 4.79 Å². The maximum Gasteiger partial charge on any atom is 0.261 e. The van der Waals surface area contributed by atoms with Crippen molar-refractivity contribution in [3.63, 3.8) is 0 Å². The van der Waals surface area contributed by atoms with Gasteiger partial charge in [0.25, 0.3) is 11.5 Å². The third-order valence-corrected chi connectivity index (χ3v) is 8.07. The SMILES string of the molecule is CCC(c1nc2cc(Cl)ccc2c(=O)n1Cc1ccccc1)N(CCCN(CC)CC)C(=O)c1ccc(Br)cc1. The zero-order valence-electron chi connectivity index (χ0n) is 23.3. The second kappa shape index (κ2) is 14.1. The molecule has 1 unspecified atom stereocenters. The number of halogens is 2. The van der Waals surface area contributed by atoms with Gasteiger partial charge in [-0.2, -0.15) is 0 Å². The van der Waals surface area contributed by atoms with E-state index in [9.17, 15) is 9.59 Å². The Morgan fingerprint density at radius 2 is 1.68 bits per heavy atom. The van der Waals surface area contributed by atoms with Crippen LogP contribution in [0.3, 0.4) is 0 Å². The first-order chi connectivity index (χ1) is 19.4. The second-order valence-electron chi connectivity index (χ2n) is 9.82. The molecule has 1 atom stereocenters. The molecule has 0 aliphatic heterocycles. The van der Waals surface area contributed by atoms with Gasteiger partial charge in [-0.15, -0.1) is 0 Å². The number of carbonyl (C=O) groups excluding carboxylic acids is 1. The Kier molecular flexibility index (Phi) is 10.5. The normalized spacial score (nSPS) is 12.2. The molecule has 0 N–H and O–H groups in total. The Morgan fingerprint density at radius 1 is 0.975 bits per heavy atom. The van der Waals surface area contributed by atoms with E-state index in [-0.39, 0.29) is 11.5 Å². The van der Waals surface area contributed by atoms with Crippen molar-refractivity contribution in [2.45, 2.75) is 46.2 Å². The van der Waals surface area contributed by atoms with E-state index in [1.807, 2.05) is 66.4 Å². The van der Waals surface area contributed by atoms with Crippen LogP contribution in [0.2, 0.25) is 5.02 Å². The van der Waals surface area contributed by atoms with E-state index in [2.05, 4.69) is 34.7 Å². The highest BCUT2D eigenvalue weighted by atomic mass is 79.9. The van der Waals surface area contributed by atoms with E-state index < -0.39 is 6.04 Å². The molecule has 0 saturated heterocycles. The highest BCUT2D eigenvalue weighted by Crippen LogP contribution is 2.28. The Bertz CT molecular complexity index is 1490. The molecule has 0 saturated carbocycles. The molecule has 4 aromatic rings. The molecule has 8 heteroatoms. The summed E-state index contributed by atoms with van der Waals surface area (Å²) in [5.41, 5.74) is 1.99. The topological polar surface area (TPSA) is 58.4 Å².